The number of carboxylic acids is 1. The van der Waals surface area contributed by atoms with E-state index in [1.807, 2.05) is 0 Å². The molecule has 2 rings (SSSR count). The highest BCUT2D eigenvalue weighted by atomic mass is 35.5. The predicted octanol–water partition coefficient (Wildman–Crippen LogP) is 2.60. The molecule has 7 nitrogen and oxygen atoms in total. The zero-order chi connectivity index (χ0) is 15.6. The first-order valence-corrected chi connectivity index (χ1v) is 6.15. The fraction of sp³-hybridized carbons (Fsp3) is 0.154. The molecule has 0 bridgehead atoms. The number of benzene rings is 1. The van der Waals surface area contributed by atoms with E-state index in [0.717, 1.165) is 0 Å². The van der Waals surface area contributed by atoms with E-state index in [1.165, 1.54) is 25.4 Å². The van der Waals surface area contributed by atoms with Crippen LogP contribution >= 0.6 is 11.6 Å². The summed E-state index contributed by atoms with van der Waals surface area (Å²) < 4.78 is 9.80. The number of methoxy groups -OCH3 is 1. The monoisotopic (exact) mass is 310 g/mol. The number of carbonyl (C=O) groups excluding carboxylic acids is 1. The van der Waals surface area contributed by atoms with E-state index < -0.39 is 11.9 Å². The minimum absolute atomic E-state index is 0.0485. The smallest absolute Gasteiger partial charge is 0.339 e. The van der Waals surface area contributed by atoms with Gasteiger partial charge in [-0.25, -0.2) is 4.79 Å². The normalized spacial score (nSPS) is 10.2. The Kier molecular flexibility index (Phi) is 4.13. The van der Waals surface area contributed by atoms with Crippen LogP contribution in [0.3, 0.4) is 0 Å². The summed E-state index contributed by atoms with van der Waals surface area (Å²) in [6.45, 7) is 1.67. The molecule has 0 aliphatic heterocycles. The van der Waals surface area contributed by atoms with Gasteiger partial charge in [0, 0.05) is 11.6 Å². The fourth-order valence-corrected chi connectivity index (χ4v) is 1.88. The number of hydrogen-bond donors (Lipinski definition) is 2. The van der Waals surface area contributed by atoms with Crippen molar-refractivity contribution < 1.29 is 24.0 Å². The van der Waals surface area contributed by atoms with Gasteiger partial charge in [-0.15, -0.1) is 0 Å². The summed E-state index contributed by atoms with van der Waals surface area (Å²) in [6.07, 6.45) is 1.41. The van der Waals surface area contributed by atoms with Crippen molar-refractivity contribution in [3.63, 3.8) is 0 Å². The molecule has 0 saturated heterocycles. The SMILES string of the molecule is COc1cc(NC(=O)c2oncc2C)c(Cl)cc1C(=O)O. The molecule has 0 saturated carbocycles. The minimum atomic E-state index is -1.18. The van der Waals surface area contributed by atoms with Gasteiger partial charge in [0.25, 0.3) is 5.91 Å². The van der Waals surface area contributed by atoms with Gasteiger partial charge in [-0.3, -0.25) is 4.79 Å². The van der Waals surface area contributed by atoms with Gasteiger partial charge in [0.05, 0.1) is 24.0 Å². The van der Waals surface area contributed by atoms with Crippen LogP contribution in [0.2, 0.25) is 5.02 Å². The van der Waals surface area contributed by atoms with Crippen LogP contribution in [0.25, 0.3) is 0 Å². The maximum absolute atomic E-state index is 12.0. The summed E-state index contributed by atoms with van der Waals surface area (Å²) in [5.74, 6) is -1.60. The van der Waals surface area contributed by atoms with Crippen LogP contribution in [0, 0.1) is 6.92 Å². The van der Waals surface area contributed by atoms with E-state index in [-0.39, 0.29) is 27.8 Å². The third kappa shape index (κ3) is 2.97. The van der Waals surface area contributed by atoms with Crippen LogP contribution in [-0.4, -0.2) is 29.2 Å². The van der Waals surface area contributed by atoms with Crippen LogP contribution in [-0.2, 0) is 0 Å². The molecule has 2 aromatic rings. The number of rotatable bonds is 4. The topological polar surface area (TPSA) is 102 Å². The van der Waals surface area contributed by atoms with Crippen molar-refractivity contribution in [2.24, 2.45) is 0 Å². The summed E-state index contributed by atoms with van der Waals surface area (Å²) in [6, 6.07) is 2.53. The van der Waals surface area contributed by atoms with Crippen LogP contribution in [0.1, 0.15) is 26.5 Å². The molecular weight excluding hydrogens is 300 g/mol. The first-order valence-electron chi connectivity index (χ1n) is 5.77. The second kappa shape index (κ2) is 5.84. The zero-order valence-corrected chi connectivity index (χ0v) is 11.9. The number of halogens is 1. The second-order valence-electron chi connectivity index (χ2n) is 4.13. The van der Waals surface area contributed by atoms with Crippen molar-refractivity contribution in [1.29, 1.82) is 0 Å². The molecule has 21 heavy (non-hydrogen) atoms. The van der Waals surface area contributed by atoms with Crippen molar-refractivity contribution in [1.82, 2.24) is 5.16 Å². The number of carboxylic acid groups (broad SMARTS) is 1. The molecule has 1 aromatic carbocycles. The summed E-state index contributed by atoms with van der Waals surface area (Å²) in [4.78, 5) is 23.1. The van der Waals surface area contributed by atoms with Crippen LogP contribution in [0.4, 0.5) is 5.69 Å². The summed E-state index contributed by atoms with van der Waals surface area (Å²) in [5, 5.41) is 15.1. The molecule has 0 unspecified atom stereocenters. The zero-order valence-electron chi connectivity index (χ0n) is 11.1. The first-order chi connectivity index (χ1) is 9.93. The number of ether oxygens (including phenoxy) is 1. The molecule has 0 aliphatic rings. The van der Waals surface area contributed by atoms with E-state index in [9.17, 15) is 9.59 Å². The first kappa shape index (κ1) is 14.9. The number of aryl methyl sites for hydroxylation is 1. The number of nitrogens with zero attached hydrogens (tertiary/aromatic N) is 1. The molecule has 0 fully saturated rings. The van der Waals surface area contributed by atoms with Crippen molar-refractivity contribution >= 4 is 29.2 Å². The highest BCUT2D eigenvalue weighted by Gasteiger charge is 2.19. The molecular formula is C13H11ClN2O5. The molecule has 2 N–H and O–H groups in total. The lowest BCUT2D eigenvalue weighted by molar-refractivity contribution is 0.0693. The van der Waals surface area contributed by atoms with Gasteiger partial charge in [-0.1, -0.05) is 16.8 Å². The van der Waals surface area contributed by atoms with E-state index in [2.05, 4.69) is 10.5 Å². The average Bonchev–Trinajstić information content (AvgIpc) is 2.86. The molecule has 8 heteroatoms. The molecule has 0 spiro atoms. The molecule has 1 aromatic heterocycles. The maximum Gasteiger partial charge on any atom is 0.339 e. The van der Waals surface area contributed by atoms with Crippen molar-refractivity contribution in [3.05, 3.63) is 40.2 Å². The van der Waals surface area contributed by atoms with Crippen LogP contribution in [0.5, 0.6) is 5.75 Å². The Hall–Kier alpha value is -2.54. The Labute approximate surface area is 124 Å². The lowest BCUT2D eigenvalue weighted by Crippen LogP contribution is -2.13. The van der Waals surface area contributed by atoms with Gasteiger partial charge in [0.15, 0.2) is 0 Å². The Morgan fingerprint density at radius 2 is 2.14 bits per heavy atom. The van der Waals surface area contributed by atoms with E-state index >= 15 is 0 Å². The Balaban J connectivity index is 2.35. The molecule has 1 heterocycles. The fourth-order valence-electron chi connectivity index (χ4n) is 1.67. The van der Waals surface area contributed by atoms with Crippen LogP contribution < -0.4 is 10.1 Å². The summed E-state index contributed by atoms with van der Waals surface area (Å²) >= 11 is 5.97. The average molecular weight is 311 g/mol. The number of aromatic nitrogens is 1. The molecule has 1 amide bonds. The number of hydrogen-bond acceptors (Lipinski definition) is 5. The van der Waals surface area contributed by atoms with Gasteiger partial charge >= 0.3 is 5.97 Å². The lowest BCUT2D eigenvalue weighted by Gasteiger charge is -2.10. The van der Waals surface area contributed by atoms with Gasteiger partial charge in [-0.2, -0.15) is 0 Å². The Morgan fingerprint density at radius 1 is 1.43 bits per heavy atom. The minimum Gasteiger partial charge on any atom is -0.496 e. The van der Waals surface area contributed by atoms with Gasteiger partial charge in [0.1, 0.15) is 11.3 Å². The standard InChI is InChI=1S/C13H11ClN2O5/c1-6-5-15-21-11(6)12(17)16-9-4-10(20-2)7(13(18)19)3-8(9)14/h3-5H,1-2H3,(H,16,17)(H,18,19). The summed E-state index contributed by atoms with van der Waals surface area (Å²) in [5.41, 5.74) is 0.674. The Morgan fingerprint density at radius 3 is 2.67 bits per heavy atom. The summed E-state index contributed by atoms with van der Waals surface area (Å²) in [7, 11) is 1.32. The molecule has 0 aliphatic carbocycles. The number of aromatic carboxylic acids is 1. The third-order valence-corrected chi connectivity index (χ3v) is 3.04. The van der Waals surface area contributed by atoms with Gasteiger partial charge in [-0.05, 0) is 13.0 Å². The maximum atomic E-state index is 12.0. The van der Waals surface area contributed by atoms with Crippen LogP contribution in [0.15, 0.2) is 22.9 Å². The quantitative estimate of drug-likeness (QED) is 0.900. The molecule has 0 atom stereocenters. The number of nitrogens with one attached hydrogen (secondary N) is 1. The number of anilines is 1. The van der Waals surface area contributed by atoms with Gasteiger partial charge < -0.3 is 19.7 Å². The largest absolute Gasteiger partial charge is 0.496 e. The van der Waals surface area contributed by atoms with Crippen molar-refractivity contribution in [3.8, 4) is 5.75 Å². The Bertz CT molecular complexity index is 711. The third-order valence-electron chi connectivity index (χ3n) is 2.72. The highest BCUT2D eigenvalue weighted by Crippen LogP contribution is 2.31. The number of carbonyl (C=O) groups is 2. The number of amides is 1. The lowest BCUT2D eigenvalue weighted by atomic mass is 10.1. The van der Waals surface area contributed by atoms with Crippen molar-refractivity contribution in [2.45, 2.75) is 6.92 Å². The molecule has 0 radical (unpaired) electrons. The van der Waals surface area contributed by atoms with Gasteiger partial charge in [0.2, 0.25) is 5.76 Å². The highest BCUT2D eigenvalue weighted by molar-refractivity contribution is 6.34. The molecule has 110 valence electrons. The predicted molar refractivity (Wildman–Crippen MR) is 74.2 cm³/mol. The second-order valence-corrected chi connectivity index (χ2v) is 4.54. The van der Waals surface area contributed by atoms with E-state index in [1.54, 1.807) is 6.92 Å². The van der Waals surface area contributed by atoms with E-state index in [0.29, 0.717) is 5.56 Å². The van der Waals surface area contributed by atoms with E-state index in [4.69, 9.17) is 26.0 Å². The van der Waals surface area contributed by atoms with Crippen molar-refractivity contribution in [2.75, 3.05) is 12.4 Å².